The van der Waals surface area contributed by atoms with Gasteiger partial charge in [-0.2, -0.15) is 0 Å². The molecule has 0 unspecified atom stereocenters. The average Bonchev–Trinajstić information content (AvgIpc) is 2.69. The summed E-state index contributed by atoms with van der Waals surface area (Å²) in [6.45, 7) is 5.59. The summed E-state index contributed by atoms with van der Waals surface area (Å²) in [6.07, 6.45) is 10.7. The summed E-state index contributed by atoms with van der Waals surface area (Å²) in [7, 11) is 0. The van der Waals surface area contributed by atoms with E-state index in [1.807, 2.05) is 24.2 Å². The zero-order valence-corrected chi connectivity index (χ0v) is 12.5. The van der Waals surface area contributed by atoms with Crippen LogP contribution < -0.4 is 5.32 Å². The van der Waals surface area contributed by atoms with E-state index in [9.17, 15) is 4.79 Å². The lowest BCUT2D eigenvalue weighted by atomic mass is 10.2. The molecule has 2 rings (SSSR count). The molecule has 5 heteroatoms. The molecule has 1 saturated heterocycles. The van der Waals surface area contributed by atoms with Crippen LogP contribution in [0.4, 0.5) is 4.79 Å². The molecule has 2 amide bonds. The largest absolute Gasteiger partial charge is 0.338 e. The highest BCUT2D eigenvalue weighted by Crippen LogP contribution is 2.09. The van der Waals surface area contributed by atoms with Crippen LogP contribution >= 0.6 is 0 Å². The highest BCUT2D eigenvalue weighted by molar-refractivity contribution is 5.74. The lowest BCUT2D eigenvalue weighted by Gasteiger charge is -2.20. The van der Waals surface area contributed by atoms with Gasteiger partial charge in [0.25, 0.3) is 0 Å². The van der Waals surface area contributed by atoms with Crippen molar-refractivity contribution >= 4 is 6.03 Å². The van der Waals surface area contributed by atoms with Crippen LogP contribution in [0.3, 0.4) is 0 Å². The molecule has 1 aliphatic rings. The van der Waals surface area contributed by atoms with E-state index in [4.69, 9.17) is 0 Å². The fourth-order valence-electron chi connectivity index (χ4n) is 2.63. The van der Waals surface area contributed by atoms with Crippen LogP contribution in [-0.2, 0) is 6.54 Å². The first kappa shape index (κ1) is 14.9. The lowest BCUT2D eigenvalue weighted by Crippen LogP contribution is -2.40. The maximum absolute atomic E-state index is 12.0. The van der Waals surface area contributed by atoms with E-state index in [1.165, 1.54) is 12.8 Å². The number of amides is 2. The zero-order chi connectivity index (χ0) is 14.2. The number of carbonyl (C=O) groups is 1. The Hall–Kier alpha value is -1.52. The van der Waals surface area contributed by atoms with E-state index in [-0.39, 0.29) is 6.03 Å². The molecule has 0 spiro atoms. The smallest absolute Gasteiger partial charge is 0.317 e. The van der Waals surface area contributed by atoms with Gasteiger partial charge in [-0.1, -0.05) is 12.8 Å². The number of hydrogen-bond acceptors (Lipinski definition) is 2. The fourth-order valence-corrected chi connectivity index (χ4v) is 2.63. The number of hydrogen-bond donors (Lipinski definition) is 1. The Morgan fingerprint density at radius 3 is 2.65 bits per heavy atom. The van der Waals surface area contributed by atoms with Crippen molar-refractivity contribution in [1.82, 2.24) is 19.8 Å². The summed E-state index contributed by atoms with van der Waals surface area (Å²) < 4.78 is 2.15. The summed E-state index contributed by atoms with van der Waals surface area (Å²) in [5.41, 5.74) is 0. The fraction of sp³-hybridized carbons (Fsp3) is 0.733. The molecule has 1 aromatic rings. The maximum Gasteiger partial charge on any atom is 0.317 e. The highest BCUT2D eigenvalue weighted by atomic mass is 16.2. The molecule has 20 heavy (non-hydrogen) atoms. The topological polar surface area (TPSA) is 50.2 Å². The first-order chi connectivity index (χ1) is 9.77. The molecule has 0 radical (unpaired) electrons. The van der Waals surface area contributed by atoms with Crippen molar-refractivity contribution in [2.75, 3.05) is 19.6 Å². The normalized spacial score (nSPS) is 15.9. The number of rotatable bonds is 5. The number of aromatic nitrogens is 2. The van der Waals surface area contributed by atoms with E-state index in [1.54, 1.807) is 0 Å². The molecular weight excluding hydrogens is 252 g/mol. The third-order valence-corrected chi connectivity index (χ3v) is 3.92. The molecule has 1 N–H and O–H groups in total. The van der Waals surface area contributed by atoms with E-state index in [2.05, 4.69) is 14.9 Å². The maximum atomic E-state index is 12.0. The quantitative estimate of drug-likeness (QED) is 0.842. The van der Waals surface area contributed by atoms with E-state index in [0.29, 0.717) is 0 Å². The third kappa shape index (κ3) is 4.54. The molecule has 1 aliphatic heterocycles. The van der Waals surface area contributed by atoms with Crippen molar-refractivity contribution < 1.29 is 4.79 Å². The SMILES string of the molecule is Cc1nccn1CCCCNC(=O)N1CCCCCC1. The summed E-state index contributed by atoms with van der Waals surface area (Å²) in [6, 6.07) is 0.116. The first-order valence-electron chi connectivity index (χ1n) is 7.78. The minimum absolute atomic E-state index is 0.116. The van der Waals surface area contributed by atoms with Crippen LogP contribution in [-0.4, -0.2) is 40.1 Å². The van der Waals surface area contributed by atoms with E-state index in [0.717, 1.165) is 57.7 Å². The molecule has 0 saturated carbocycles. The molecule has 112 valence electrons. The van der Waals surface area contributed by atoms with Crippen LogP contribution in [0.15, 0.2) is 12.4 Å². The number of carbonyl (C=O) groups excluding carboxylic acids is 1. The average molecular weight is 278 g/mol. The molecule has 5 nitrogen and oxygen atoms in total. The van der Waals surface area contributed by atoms with Gasteiger partial charge in [0.1, 0.15) is 5.82 Å². The Balaban J connectivity index is 1.58. The van der Waals surface area contributed by atoms with Crippen molar-refractivity contribution in [3.05, 3.63) is 18.2 Å². The predicted octanol–water partition coefficient (Wildman–Crippen LogP) is 2.56. The highest BCUT2D eigenvalue weighted by Gasteiger charge is 2.14. The summed E-state index contributed by atoms with van der Waals surface area (Å²) in [5.74, 6) is 1.05. The van der Waals surface area contributed by atoms with Crippen LogP contribution in [0.5, 0.6) is 0 Å². The minimum Gasteiger partial charge on any atom is -0.338 e. The molecule has 0 atom stereocenters. The molecule has 1 fully saturated rings. The molecule has 0 aromatic carbocycles. The molecule has 2 heterocycles. The lowest BCUT2D eigenvalue weighted by molar-refractivity contribution is 0.199. The Bertz CT molecular complexity index is 408. The van der Waals surface area contributed by atoms with E-state index < -0.39 is 0 Å². The summed E-state index contributed by atoms with van der Waals surface area (Å²) >= 11 is 0. The summed E-state index contributed by atoms with van der Waals surface area (Å²) in [5, 5.41) is 3.04. The second-order valence-corrected chi connectivity index (χ2v) is 5.51. The van der Waals surface area contributed by atoms with Gasteiger partial charge in [0, 0.05) is 38.6 Å². The molecule has 0 bridgehead atoms. The van der Waals surface area contributed by atoms with Crippen LogP contribution in [0.25, 0.3) is 0 Å². The minimum atomic E-state index is 0.116. The van der Waals surface area contributed by atoms with Gasteiger partial charge in [0.15, 0.2) is 0 Å². The van der Waals surface area contributed by atoms with Crippen molar-refractivity contribution in [1.29, 1.82) is 0 Å². The number of imidazole rings is 1. The number of unbranched alkanes of at least 4 members (excludes halogenated alkanes) is 1. The third-order valence-electron chi connectivity index (χ3n) is 3.92. The Kier molecular flexibility index (Phi) is 5.89. The van der Waals surface area contributed by atoms with Crippen LogP contribution in [0.2, 0.25) is 0 Å². The van der Waals surface area contributed by atoms with Crippen molar-refractivity contribution in [2.24, 2.45) is 0 Å². The van der Waals surface area contributed by atoms with Gasteiger partial charge in [-0.05, 0) is 32.6 Å². The molecule has 0 aliphatic carbocycles. The standard InChI is InChI=1S/C15H26N4O/c1-14-16-9-13-18(14)10-7-4-8-17-15(20)19-11-5-2-3-6-12-19/h9,13H,2-8,10-12H2,1H3,(H,17,20). The molecular formula is C15H26N4O. The molecule has 1 aromatic heterocycles. The van der Waals surface area contributed by atoms with Crippen LogP contribution in [0.1, 0.15) is 44.3 Å². The van der Waals surface area contributed by atoms with Gasteiger partial charge in [0.05, 0.1) is 0 Å². The number of likely N-dealkylation sites (tertiary alicyclic amines) is 1. The Morgan fingerprint density at radius 1 is 1.25 bits per heavy atom. The monoisotopic (exact) mass is 278 g/mol. The van der Waals surface area contributed by atoms with Gasteiger partial charge < -0.3 is 14.8 Å². The number of urea groups is 1. The number of nitrogens with zero attached hydrogens (tertiary/aromatic N) is 3. The van der Waals surface area contributed by atoms with Crippen molar-refractivity contribution in [3.8, 4) is 0 Å². The second-order valence-electron chi connectivity index (χ2n) is 5.51. The number of aryl methyl sites for hydroxylation is 2. The van der Waals surface area contributed by atoms with Crippen LogP contribution in [0, 0.1) is 6.92 Å². The van der Waals surface area contributed by atoms with Gasteiger partial charge in [-0.15, -0.1) is 0 Å². The van der Waals surface area contributed by atoms with Gasteiger partial charge >= 0.3 is 6.03 Å². The summed E-state index contributed by atoms with van der Waals surface area (Å²) in [4.78, 5) is 18.2. The second kappa shape index (κ2) is 7.92. The van der Waals surface area contributed by atoms with Crippen molar-refractivity contribution in [2.45, 2.75) is 52.0 Å². The zero-order valence-electron chi connectivity index (χ0n) is 12.5. The first-order valence-corrected chi connectivity index (χ1v) is 7.78. The van der Waals surface area contributed by atoms with Gasteiger partial charge in [-0.25, -0.2) is 9.78 Å². The van der Waals surface area contributed by atoms with Gasteiger partial charge in [0.2, 0.25) is 0 Å². The van der Waals surface area contributed by atoms with Gasteiger partial charge in [-0.3, -0.25) is 0 Å². The van der Waals surface area contributed by atoms with Crippen molar-refractivity contribution in [3.63, 3.8) is 0 Å². The predicted molar refractivity (Wildman–Crippen MR) is 79.6 cm³/mol. The van der Waals surface area contributed by atoms with E-state index >= 15 is 0 Å². The Labute approximate surface area is 121 Å². The Morgan fingerprint density at radius 2 is 2.00 bits per heavy atom. The number of nitrogens with one attached hydrogen (secondary N) is 1.